The highest BCUT2D eigenvalue weighted by Gasteiger charge is 2.50. The summed E-state index contributed by atoms with van der Waals surface area (Å²) >= 11 is 0. The molecule has 0 aromatic heterocycles. The molecule has 0 aromatic rings. The molecular weight excluding hydrogens is 352 g/mol. The van der Waals surface area contributed by atoms with Crippen molar-refractivity contribution in [2.75, 3.05) is 6.61 Å². The van der Waals surface area contributed by atoms with Crippen LogP contribution in [-0.2, 0) is 38.1 Å². The summed E-state index contributed by atoms with van der Waals surface area (Å²) in [4.78, 5) is 48.2. The molecule has 26 heavy (non-hydrogen) atoms. The number of carbonyl (C=O) groups is 4. The first kappa shape index (κ1) is 21.2. The van der Waals surface area contributed by atoms with E-state index in [1.165, 1.54) is 6.92 Å². The molecule has 5 atom stereocenters. The SMILES string of the molecule is CC(=O)N[C@H]1[C@@H](OC(C)=O)[C@H](OC(C)=O)[C@H](COC(C)=O)O[C@@H]1N=[N+]=[N-]. The zero-order valence-corrected chi connectivity index (χ0v) is 14.7. The van der Waals surface area contributed by atoms with E-state index in [1.807, 2.05) is 0 Å². The van der Waals surface area contributed by atoms with Crippen LogP contribution in [-0.4, -0.2) is 61.0 Å². The lowest BCUT2D eigenvalue weighted by Gasteiger charge is -2.43. The number of hydrogen-bond acceptors (Lipinski definition) is 9. The minimum absolute atomic E-state index is 0.352. The Kier molecular flexibility index (Phi) is 7.81. The van der Waals surface area contributed by atoms with Crippen LogP contribution in [0.25, 0.3) is 10.4 Å². The molecule has 1 aliphatic rings. The molecule has 144 valence electrons. The van der Waals surface area contributed by atoms with Gasteiger partial charge in [-0.05, 0) is 5.53 Å². The molecule has 0 saturated carbocycles. The average Bonchev–Trinajstić information content (AvgIpc) is 2.50. The van der Waals surface area contributed by atoms with E-state index in [-0.39, 0.29) is 6.61 Å². The first-order valence-corrected chi connectivity index (χ1v) is 7.60. The van der Waals surface area contributed by atoms with E-state index in [4.69, 9.17) is 24.5 Å². The number of carbonyl (C=O) groups excluding carboxylic acids is 4. The Bertz CT molecular complexity index is 618. The minimum Gasteiger partial charge on any atom is -0.463 e. The molecule has 0 unspecified atom stereocenters. The van der Waals surface area contributed by atoms with Crippen molar-refractivity contribution < 1.29 is 38.1 Å². The topological polar surface area (TPSA) is 166 Å². The van der Waals surface area contributed by atoms with E-state index in [0.717, 1.165) is 20.8 Å². The second-order valence-corrected chi connectivity index (χ2v) is 5.45. The summed E-state index contributed by atoms with van der Waals surface area (Å²) in [6, 6.07) is -1.12. The zero-order chi connectivity index (χ0) is 19.9. The van der Waals surface area contributed by atoms with E-state index in [9.17, 15) is 19.2 Å². The van der Waals surface area contributed by atoms with Crippen LogP contribution in [0.15, 0.2) is 5.11 Å². The van der Waals surface area contributed by atoms with Gasteiger partial charge in [-0.25, -0.2) is 0 Å². The number of rotatable bonds is 6. The Morgan fingerprint density at radius 2 is 1.62 bits per heavy atom. The largest absolute Gasteiger partial charge is 0.463 e. The van der Waals surface area contributed by atoms with Gasteiger partial charge in [0.2, 0.25) is 5.91 Å². The molecular formula is C14H20N4O8. The standard InChI is InChI=1S/C14H20N4O8/c1-6(19)16-11-13(25-9(4)22)12(24-8(3)21)10(5-23-7(2)20)26-14(11)17-18-15/h10-14H,5H2,1-4H3,(H,16,19)/t10-,11-,12+,13+,14-/m0/s1. The highest BCUT2D eigenvalue weighted by atomic mass is 16.6. The van der Waals surface area contributed by atoms with Crippen molar-refractivity contribution in [3.63, 3.8) is 0 Å². The molecule has 0 radical (unpaired) electrons. The quantitative estimate of drug-likeness (QED) is 0.223. The predicted molar refractivity (Wildman–Crippen MR) is 83.2 cm³/mol. The average molecular weight is 372 g/mol. The number of hydrogen-bond donors (Lipinski definition) is 1. The monoisotopic (exact) mass is 372 g/mol. The van der Waals surface area contributed by atoms with E-state index >= 15 is 0 Å². The van der Waals surface area contributed by atoms with Crippen LogP contribution >= 0.6 is 0 Å². The summed E-state index contributed by atoms with van der Waals surface area (Å²) in [5.74, 6) is -2.58. The van der Waals surface area contributed by atoms with Gasteiger partial charge in [0.15, 0.2) is 18.4 Å². The normalized spacial score (nSPS) is 27.5. The van der Waals surface area contributed by atoms with Crippen LogP contribution in [0.5, 0.6) is 0 Å². The highest BCUT2D eigenvalue weighted by Crippen LogP contribution is 2.28. The number of nitrogens with zero attached hydrogens (tertiary/aromatic N) is 3. The third-order valence-corrected chi connectivity index (χ3v) is 3.26. The molecule has 1 aliphatic heterocycles. The molecule has 12 heteroatoms. The van der Waals surface area contributed by atoms with Crippen LogP contribution in [0.2, 0.25) is 0 Å². The van der Waals surface area contributed by atoms with Gasteiger partial charge in [0.1, 0.15) is 18.8 Å². The second-order valence-electron chi connectivity index (χ2n) is 5.45. The fourth-order valence-electron chi connectivity index (χ4n) is 2.46. The molecule has 12 nitrogen and oxygen atoms in total. The smallest absolute Gasteiger partial charge is 0.303 e. The van der Waals surface area contributed by atoms with Gasteiger partial charge >= 0.3 is 17.9 Å². The van der Waals surface area contributed by atoms with E-state index in [0.29, 0.717) is 0 Å². The summed E-state index contributed by atoms with van der Waals surface area (Å²) < 4.78 is 20.8. The van der Waals surface area contributed by atoms with Crippen molar-refractivity contribution in [2.24, 2.45) is 5.11 Å². The van der Waals surface area contributed by atoms with Crippen molar-refractivity contribution in [3.05, 3.63) is 10.4 Å². The molecule has 1 heterocycles. The molecule has 0 spiro atoms. The Hall–Kier alpha value is -2.85. The molecule has 1 saturated heterocycles. The Balaban J connectivity index is 3.28. The molecule has 0 aromatic carbocycles. The minimum atomic E-state index is -1.29. The van der Waals surface area contributed by atoms with Crippen LogP contribution in [0.3, 0.4) is 0 Å². The summed E-state index contributed by atoms with van der Waals surface area (Å²) in [6.07, 6.45) is -4.82. The van der Waals surface area contributed by atoms with Gasteiger partial charge in [0.25, 0.3) is 0 Å². The Morgan fingerprint density at radius 3 is 2.08 bits per heavy atom. The highest BCUT2D eigenvalue weighted by molar-refractivity contribution is 5.73. The molecule has 1 rings (SSSR count). The predicted octanol–water partition coefficient (Wildman–Crippen LogP) is -0.0472. The number of ether oxygens (including phenoxy) is 4. The fraction of sp³-hybridized carbons (Fsp3) is 0.714. The molecule has 0 aliphatic carbocycles. The summed E-state index contributed by atoms with van der Waals surface area (Å²) in [5, 5.41) is 5.89. The Labute approximate surface area is 148 Å². The van der Waals surface area contributed by atoms with Gasteiger partial charge in [-0.2, -0.15) is 0 Å². The third-order valence-electron chi connectivity index (χ3n) is 3.26. The lowest BCUT2D eigenvalue weighted by Crippen LogP contribution is -2.65. The van der Waals surface area contributed by atoms with Crippen LogP contribution in [0.4, 0.5) is 0 Å². The molecule has 0 bridgehead atoms. The molecule has 1 fully saturated rings. The van der Waals surface area contributed by atoms with Gasteiger partial charge in [-0.1, -0.05) is 5.11 Å². The van der Waals surface area contributed by atoms with Gasteiger partial charge in [0.05, 0.1) is 0 Å². The second kappa shape index (κ2) is 9.59. The van der Waals surface area contributed by atoms with Crippen molar-refractivity contribution in [1.82, 2.24) is 5.32 Å². The lowest BCUT2D eigenvalue weighted by atomic mass is 9.95. The maximum atomic E-state index is 11.5. The molecule has 1 amide bonds. The van der Waals surface area contributed by atoms with Crippen molar-refractivity contribution in [2.45, 2.75) is 58.3 Å². The summed E-state index contributed by atoms with van der Waals surface area (Å²) in [5.41, 5.74) is 8.74. The van der Waals surface area contributed by atoms with Crippen LogP contribution in [0.1, 0.15) is 27.7 Å². The fourth-order valence-corrected chi connectivity index (χ4v) is 2.46. The third kappa shape index (κ3) is 6.22. The number of nitrogens with one attached hydrogen (secondary N) is 1. The van der Waals surface area contributed by atoms with Crippen LogP contribution in [0, 0.1) is 0 Å². The van der Waals surface area contributed by atoms with E-state index < -0.39 is 54.4 Å². The maximum absolute atomic E-state index is 11.5. The van der Waals surface area contributed by atoms with E-state index in [1.54, 1.807) is 0 Å². The van der Waals surface area contributed by atoms with Crippen molar-refractivity contribution in [3.8, 4) is 0 Å². The van der Waals surface area contributed by atoms with E-state index in [2.05, 4.69) is 15.3 Å². The number of esters is 3. The number of azide groups is 1. The van der Waals surface area contributed by atoms with Gasteiger partial charge in [0, 0.05) is 32.6 Å². The van der Waals surface area contributed by atoms with Crippen molar-refractivity contribution >= 4 is 23.8 Å². The van der Waals surface area contributed by atoms with Gasteiger partial charge < -0.3 is 24.3 Å². The lowest BCUT2D eigenvalue weighted by molar-refractivity contribution is -0.222. The summed E-state index contributed by atoms with van der Waals surface area (Å²) in [6.45, 7) is 4.26. The first-order valence-electron chi connectivity index (χ1n) is 7.60. The van der Waals surface area contributed by atoms with Gasteiger partial charge in [-0.15, -0.1) is 0 Å². The number of amides is 1. The summed E-state index contributed by atoms with van der Waals surface area (Å²) in [7, 11) is 0. The van der Waals surface area contributed by atoms with Crippen molar-refractivity contribution in [1.29, 1.82) is 0 Å². The Morgan fingerprint density at radius 1 is 1.04 bits per heavy atom. The maximum Gasteiger partial charge on any atom is 0.303 e. The zero-order valence-electron chi connectivity index (χ0n) is 14.7. The van der Waals surface area contributed by atoms with Gasteiger partial charge in [-0.3, -0.25) is 19.2 Å². The van der Waals surface area contributed by atoms with Crippen LogP contribution < -0.4 is 5.32 Å². The molecule has 1 N–H and O–H groups in total. The first-order chi connectivity index (χ1) is 12.1.